The van der Waals surface area contributed by atoms with Crippen molar-refractivity contribution in [1.29, 1.82) is 0 Å². The zero-order chi connectivity index (χ0) is 13.1. The quantitative estimate of drug-likeness (QED) is 0.769. The predicted molar refractivity (Wildman–Crippen MR) is 76.1 cm³/mol. The summed E-state index contributed by atoms with van der Waals surface area (Å²) >= 11 is 0. The van der Waals surface area contributed by atoms with E-state index in [1.54, 1.807) is 0 Å². The molecule has 1 unspecified atom stereocenters. The number of amides is 1. The Balaban J connectivity index is 1.62. The Hall–Kier alpha value is -1.55. The van der Waals surface area contributed by atoms with Crippen LogP contribution in [0, 0.1) is 0 Å². The monoisotopic (exact) mass is 259 g/mol. The van der Waals surface area contributed by atoms with Crippen molar-refractivity contribution in [3.8, 4) is 0 Å². The molecule has 1 aromatic rings. The van der Waals surface area contributed by atoms with Crippen LogP contribution in [-0.4, -0.2) is 25.0 Å². The Morgan fingerprint density at radius 3 is 3.05 bits per heavy atom. The Morgan fingerprint density at radius 2 is 2.21 bits per heavy atom. The molecule has 1 aromatic carbocycles. The summed E-state index contributed by atoms with van der Waals surface area (Å²) in [4.78, 5) is 11.1. The zero-order valence-corrected chi connectivity index (χ0v) is 11.2. The first-order valence-corrected chi connectivity index (χ1v) is 7.17. The molecule has 0 saturated carbocycles. The summed E-state index contributed by atoms with van der Waals surface area (Å²) in [6, 6.07) is 6.94. The zero-order valence-electron chi connectivity index (χ0n) is 11.2. The maximum Gasteiger partial charge on any atom is 0.220 e. The van der Waals surface area contributed by atoms with Crippen LogP contribution in [0.25, 0.3) is 0 Å². The molecule has 19 heavy (non-hydrogen) atoms. The number of anilines is 1. The van der Waals surface area contributed by atoms with E-state index in [0.717, 1.165) is 26.1 Å². The van der Waals surface area contributed by atoms with Crippen LogP contribution in [0.15, 0.2) is 18.2 Å². The second-order valence-corrected chi connectivity index (χ2v) is 5.40. The third-order valence-electron chi connectivity index (χ3n) is 4.01. The van der Waals surface area contributed by atoms with Gasteiger partial charge in [-0.05, 0) is 30.4 Å². The Labute approximate surface area is 114 Å². The lowest BCUT2D eigenvalue weighted by atomic mass is 9.99. The molecule has 0 spiro atoms. The fraction of sp³-hybridized carbons (Fsp3) is 0.533. The summed E-state index contributed by atoms with van der Waals surface area (Å²) in [5.41, 5.74) is 4.10. The summed E-state index contributed by atoms with van der Waals surface area (Å²) in [5, 5.41) is 9.98. The van der Waals surface area contributed by atoms with Crippen LogP contribution >= 0.6 is 0 Å². The minimum absolute atomic E-state index is 0.178. The molecule has 1 fully saturated rings. The van der Waals surface area contributed by atoms with Gasteiger partial charge in [-0.15, -0.1) is 0 Å². The van der Waals surface area contributed by atoms with Gasteiger partial charge in [-0.25, -0.2) is 0 Å². The van der Waals surface area contributed by atoms with Gasteiger partial charge < -0.3 is 16.0 Å². The lowest BCUT2D eigenvalue weighted by molar-refractivity contribution is -0.122. The normalized spacial score (nSPS) is 22.3. The first kappa shape index (κ1) is 12.5. The smallest absolute Gasteiger partial charge is 0.220 e. The molecule has 1 amide bonds. The molecular weight excluding hydrogens is 238 g/mol. The van der Waals surface area contributed by atoms with E-state index in [9.17, 15) is 4.79 Å². The Morgan fingerprint density at radius 1 is 1.26 bits per heavy atom. The van der Waals surface area contributed by atoms with Crippen molar-refractivity contribution in [2.24, 2.45) is 0 Å². The van der Waals surface area contributed by atoms with E-state index in [4.69, 9.17) is 0 Å². The van der Waals surface area contributed by atoms with Crippen LogP contribution in [0.3, 0.4) is 0 Å². The number of hydrogen-bond donors (Lipinski definition) is 3. The van der Waals surface area contributed by atoms with Gasteiger partial charge in [-0.1, -0.05) is 18.2 Å². The van der Waals surface area contributed by atoms with Crippen molar-refractivity contribution in [3.05, 3.63) is 29.3 Å². The van der Waals surface area contributed by atoms with Crippen molar-refractivity contribution in [3.63, 3.8) is 0 Å². The predicted octanol–water partition coefficient (Wildman–Crippen LogP) is 1.41. The third-order valence-corrected chi connectivity index (χ3v) is 4.01. The van der Waals surface area contributed by atoms with Gasteiger partial charge in [-0.2, -0.15) is 0 Å². The molecule has 1 saturated heterocycles. The maximum atomic E-state index is 11.1. The van der Waals surface area contributed by atoms with E-state index in [2.05, 4.69) is 34.1 Å². The molecule has 4 heteroatoms. The average molecular weight is 259 g/mol. The van der Waals surface area contributed by atoms with Gasteiger partial charge in [-0.3, -0.25) is 4.79 Å². The second-order valence-electron chi connectivity index (χ2n) is 5.40. The molecule has 0 bridgehead atoms. The van der Waals surface area contributed by atoms with E-state index in [1.807, 2.05) is 0 Å². The molecule has 0 aliphatic carbocycles. The summed E-state index contributed by atoms with van der Waals surface area (Å²) in [7, 11) is 0. The molecule has 102 valence electrons. The number of carbonyl (C=O) groups is 1. The highest BCUT2D eigenvalue weighted by molar-refractivity contribution is 5.76. The van der Waals surface area contributed by atoms with Crippen molar-refractivity contribution >= 4 is 11.6 Å². The van der Waals surface area contributed by atoms with E-state index in [0.29, 0.717) is 12.5 Å². The number of para-hydroxylation sites is 1. The summed E-state index contributed by atoms with van der Waals surface area (Å²) < 4.78 is 0. The number of nitrogens with one attached hydrogen (secondary N) is 3. The van der Waals surface area contributed by atoms with Crippen molar-refractivity contribution in [1.82, 2.24) is 10.6 Å². The molecule has 0 radical (unpaired) electrons. The topological polar surface area (TPSA) is 53.2 Å². The SMILES string of the molecule is O=C1CCC(NCc2cccc3c2NCCC3)CN1. The maximum absolute atomic E-state index is 11.1. The van der Waals surface area contributed by atoms with Gasteiger partial charge in [0.25, 0.3) is 0 Å². The number of rotatable bonds is 3. The second kappa shape index (κ2) is 5.61. The van der Waals surface area contributed by atoms with E-state index in [-0.39, 0.29) is 5.91 Å². The average Bonchev–Trinajstić information content (AvgIpc) is 2.47. The van der Waals surface area contributed by atoms with Crippen LogP contribution < -0.4 is 16.0 Å². The van der Waals surface area contributed by atoms with Crippen LogP contribution in [0.2, 0.25) is 0 Å². The van der Waals surface area contributed by atoms with Crippen LogP contribution in [0.5, 0.6) is 0 Å². The van der Waals surface area contributed by atoms with Gasteiger partial charge in [0.1, 0.15) is 0 Å². The fourth-order valence-electron chi connectivity index (χ4n) is 2.89. The first-order chi connectivity index (χ1) is 9.33. The standard InChI is InChI=1S/C15H21N3O/c19-14-7-6-13(10-18-14)17-9-12-4-1-3-11-5-2-8-16-15(11)12/h1,3-4,13,16-17H,2,5-10H2,(H,18,19). The first-order valence-electron chi connectivity index (χ1n) is 7.17. The number of carbonyl (C=O) groups excluding carboxylic acids is 1. The molecule has 3 rings (SSSR count). The molecular formula is C15H21N3O. The highest BCUT2D eigenvalue weighted by Crippen LogP contribution is 2.26. The number of aryl methyl sites for hydroxylation is 1. The number of benzene rings is 1. The van der Waals surface area contributed by atoms with Gasteiger partial charge in [0.15, 0.2) is 0 Å². The van der Waals surface area contributed by atoms with Gasteiger partial charge in [0.2, 0.25) is 5.91 Å². The minimum Gasteiger partial charge on any atom is -0.385 e. The summed E-state index contributed by atoms with van der Waals surface area (Å²) in [6.45, 7) is 2.70. The molecule has 4 nitrogen and oxygen atoms in total. The highest BCUT2D eigenvalue weighted by Gasteiger charge is 2.18. The lowest BCUT2D eigenvalue weighted by Crippen LogP contribution is -2.45. The summed E-state index contributed by atoms with van der Waals surface area (Å²) in [6.07, 6.45) is 3.98. The minimum atomic E-state index is 0.178. The molecule has 2 aliphatic heterocycles. The number of piperidine rings is 1. The third kappa shape index (κ3) is 2.89. The summed E-state index contributed by atoms with van der Waals surface area (Å²) in [5.74, 6) is 0.178. The van der Waals surface area contributed by atoms with Crippen molar-refractivity contribution < 1.29 is 4.79 Å². The van der Waals surface area contributed by atoms with Crippen LogP contribution in [-0.2, 0) is 17.8 Å². The molecule has 2 heterocycles. The van der Waals surface area contributed by atoms with E-state index < -0.39 is 0 Å². The largest absolute Gasteiger partial charge is 0.385 e. The highest BCUT2D eigenvalue weighted by atomic mass is 16.1. The van der Waals surface area contributed by atoms with Crippen LogP contribution in [0.4, 0.5) is 5.69 Å². The van der Waals surface area contributed by atoms with Gasteiger partial charge in [0, 0.05) is 37.8 Å². The molecule has 1 atom stereocenters. The molecule has 0 aromatic heterocycles. The van der Waals surface area contributed by atoms with Crippen molar-refractivity contribution in [2.75, 3.05) is 18.4 Å². The Bertz CT molecular complexity index is 462. The Kier molecular flexibility index (Phi) is 3.69. The van der Waals surface area contributed by atoms with Crippen LogP contribution in [0.1, 0.15) is 30.4 Å². The van der Waals surface area contributed by atoms with Gasteiger partial charge in [0.05, 0.1) is 0 Å². The molecule has 2 aliphatic rings. The van der Waals surface area contributed by atoms with E-state index in [1.165, 1.54) is 29.7 Å². The van der Waals surface area contributed by atoms with Gasteiger partial charge >= 0.3 is 0 Å². The number of hydrogen-bond acceptors (Lipinski definition) is 3. The van der Waals surface area contributed by atoms with Crippen molar-refractivity contribution in [2.45, 2.75) is 38.3 Å². The van der Waals surface area contributed by atoms with E-state index >= 15 is 0 Å². The fourth-order valence-corrected chi connectivity index (χ4v) is 2.89. The number of fused-ring (bicyclic) bond motifs is 1. The molecule has 3 N–H and O–H groups in total. The lowest BCUT2D eigenvalue weighted by Gasteiger charge is -2.26.